The monoisotopic (exact) mass is 247 g/mol. The fraction of sp³-hybridized carbons (Fsp3) is 0.600. The van der Waals surface area contributed by atoms with E-state index in [2.05, 4.69) is 25.8 Å². The van der Waals surface area contributed by atoms with Gasteiger partial charge in [0.1, 0.15) is 17.1 Å². The summed E-state index contributed by atoms with van der Waals surface area (Å²) >= 11 is 0. The van der Waals surface area contributed by atoms with Gasteiger partial charge < -0.3 is 14.7 Å². The van der Waals surface area contributed by atoms with Crippen LogP contribution < -0.4 is 4.74 Å². The van der Waals surface area contributed by atoms with Gasteiger partial charge in [-0.25, -0.2) is 0 Å². The molecule has 1 aromatic rings. The van der Waals surface area contributed by atoms with Crippen molar-refractivity contribution < 1.29 is 9.84 Å². The molecule has 2 aliphatic heterocycles. The number of piperidine rings is 1. The van der Waals surface area contributed by atoms with Crippen molar-refractivity contribution in [1.29, 1.82) is 0 Å². The zero-order chi connectivity index (χ0) is 13.0. The molecule has 1 N–H and O–H groups in total. The summed E-state index contributed by atoms with van der Waals surface area (Å²) in [6.07, 6.45) is 2.14. The van der Waals surface area contributed by atoms with E-state index in [1.54, 1.807) is 6.07 Å². The van der Waals surface area contributed by atoms with Crippen LogP contribution in [0.1, 0.15) is 32.3 Å². The van der Waals surface area contributed by atoms with E-state index in [9.17, 15) is 5.11 Å². The number of hydrogen-bond acceptors (Lipinski definition) is 3. The molecule has 3 nitrogen and oxygen atoms in total. The van der Waals surface area contributed by atoms with Crippen LogP contribution >= 0.6 is 0 Å². The van der Waals surface area contributed by atoms with Gasteiger partial charge in [-0.3, -0.25) is 0 Å². The first-order valence-corrected chi connectivity index (χ1v) is 6.72. The number of phenolic OH excluding ortho intramolecular Hbond substituents is 1. The quantitative estimate of drug-likeness (QED) is 0.827. The minimum absolute atomic E-state index is 0.0492. The van der Waals surface area contributed by atoms with E-state index in [-0.39, 0.29) is 11.0 Å². The number of rotatable bonds is 1. The van der Waals surface area contributed by atoms with Crippen LogP contribution in [0.15, 0.2) is 18.2 Å². The number of nitrogens with zero attached hydrogens (tertiary/aromatic N) is 1. The van der Waals surface area contributed by atoms with Gasteiger partial charge in [0.15, 0.2) is 0 Å². The lowest BCUT2D eigenvalue weighted by atomic mass is 9.63. The molecule has 0 aliphatic carbocycles. The Labute approximate surface area is 108 Å². The van der Waals surface area contributed by atoms with E-state index in [4.69, 9.17) is 4.74 Å². The average Bonchev–Trinajstić information content (AvgIpc) is 2.57. The smallest absolute Gasteiger partial charge is 0.129 e. The van der Waals surface area contributed by atoms with E-state index in [0.29, 0.717) is 5.75 Å². The predicted octanol–water partition coefficient (Wildman–Crippen LogP) is 2.53. The molecule has 0 amide bonds. The van der Waals surface area contributed by atoms with Crippen molar-refractivity contribution in [3.8, 4) is 11.5 Å². The highest BCUT2D eigenvalue weighted by atomic mass is 16.5. The molecule has 0 bridgehead atoms. The molecule has 2 aliphatic rings. The molecule has 2 atom stereocenters. The molecular weight excluding hydrogens is 226 g/mol. The summed E-state index contributed by atoms with van der Waals surface area (Å²) in [6.45, 7) is 6.47. The third kappa shape index (κ3) is 1.34. The van der Waals surface area contributed by atoms with Crippen LogP contribution in [0.4, 0.5) is 0 Å². The summed E-state index contributed by atoms with van der Waals surface area (Å²) in [5.41, 5.74) is 1.07. The van der Waals surface area contributed by atoms with Crippen molar-refractivity contribution in [2.24, 2.45) is 0 Å². The minimum atomic E-state index is -0.176. The number of fused-ring (bicyclic) bond motifs is 3. The van der Waals surface area contributed by atoms with Crippen molar-refractivity contribution in [3.05, 3.63) is 23.8 Å². The Bertz CT molecular complexity index is 487. The zero-order valence-corrected chi connectivity index (χ0v) is 11.4. The summed E-state index contributed by atoms with van der Waals surface area (Å²) in [4.78, 5) is 2.33. The number of benzene rings is 1. The summed E-state index contributed by atoms with van der Waals surface area (Å²) in [6, 6.07) is 5.52. The van der Waals surface area contributed by atoms with Crippen molar-refractivity contribution in [2.45, 2.75) is 37.7 Å². The largest absolute Gasteiger partial charge is 0.508 e. The first kappa shape index (κ1) is 11.8. The first-order valence-electron chi connectivity index (χ1n) is 6.72. The molecule has 3 heteroatoms. The van der Waals surface area contributed by atoms with E-state index in [0.717, 1.165) is 31.7 Å². The van der Waals surface area contributed by atoms with Gasteiger partial charge in [0.2, 0.25) is 0 Å². The van der Waals surface area contributed by atoms with Crippen LogP contribution in [0.3, 0.4) is 0 Å². The molecule has 0 saturated carbocycles. The summed E-state index contributed by atoms with van der Waals surface area (Å²) in [5, 5.41) is 9.77. The predicted molar refractivity (Wildman–Crippen MR) is 71.2 cm³/mol. The second-order valence-corrected chi connectivity index (χ2v) is 5.94. The topological polar surface area (TPSA) is 32.7 Å². The number of likely N-dealkylation sites (N-methyl/N-ethyl adjacent to an activating group) is 1. The van der Waals surface area contributed by atoms with Crippen molar-refractivity contribution in [3.63, 3.8) is 0 Å². The first-order chi connectivity index (χ1) is 8.51. The highest BCUT2D eigenvalue weighted by Crippen LogP contribution is 2.55. The molecule has 98 valence electrons. The Morgan fingerprint density at radius 2 is 2.22 bits per heavy atom. The van der Waals surface area contributed by atoms with E-state index < -0.39 is 0 Å². The summed E-state index contributed by atoms with van der Waals surface area (Å²) in [5.74, 6) is 1.29. The van der Waals surface area contributed by atoms with Crippen LogP contribution in [0, 0.1) is 0 Å². The highest BCUT2D eigenvalue weighted by molar-refractivity contribution is 5.51. The van der Waals surface area contributed by atoms with E-state index in [1.165, 1.54) is 5.56 Å². The van der Waals surface area contributed by atoms with Crippen molar-refractivity contribution in [1.82, 2.24) is 4.90 Å². The fourth-order valence-corrected chi connectivity index (χ4v) is 3.91. The van der Waals surface area contributed by atoms with Crippen LogP contribution in [0.5, 0.6) is 11.5 Å². The maximum atomic E-state index is 9.77. The van der Waals surface area contributed by atoms with Gasteiger partial charge in [-0.1, -0.05) is 6.92 Å². The number of ether oxygens (including phenoxy) is 1. The molecule has 2 heterocycles. The fourth-order valence-electron chi connectivity index (χ4n) is 3.91. The zero-order valence-electron chi connectivity index (χ0n) is 11.4. The minimum Gasteiger partial charge on any atom is -0.508 e. The molecule has 0 radical (unpaired) electrons. The van der Waals surface area contributed by atoms with Crippen LogP contribution in [-0.4, -0.2) is 35.7 Å². The summed E-state index contributed by atoms with van der Waals surface area (Å²) in [7, 11) is 2.15. The van der Waals surface area contributed by atoms with E-state index in [1.807, 2.05) is 12.1 Å². The third-order valence-corrected chi connectivity index (χ3v) is 4.92. The van der Waals surface area contributed by atoms with Gasteiger partial charge in [0, 0.05) is 17.5 Å². The Balaban J connectivity index is 2.16. The average molecular weight is 247 g/mol. The number of likely N-dealkylation sites (tertiary alicyclic amines) is 1. The highest BCUT2D eigenvalue weighted by Gasteiger charge is 2.58. The maximum absolute atomic E-state index is 9.77. The Hall–Kier alpha value is -1.22. The SMILES string of the molecule is CC[C@@]12CCN(C)C[C@]1(C)Oc1ccc(O)cc12. The molecular formula is C15H21NO2. The third-order valence-electron chi connectivity index (χ3n) is 4.92. The standard InChI is InChI=1S/C15H21NO2/c1-4-15-7-8-16(3)10-14(15,2)18-13-6-5-11(17)9-12(13)15/h5-6,9,17H,4,7-8,10H2,1-3H3/t14-,15-/m0/s1. The van der Waals surface area contributed by atoms with Gasteiger partial charge in [0.25, 0.3) is 0 Å². The Morgan fingerprint density at radius 3 is 2.94 bits per heavy atom. The Morgan fingerprint density at radius 1 is 1.44 bits per heavy atom. The lowest BCUT2D eigenvalue weighted by Gasteiger charge is -2.48. The van der Waals surface area contributed by atoms with Gasteiger partial charge >= 0.3 is 0 Å². The van der Waals surface area contributed by atoms with Gasteiger partial charge in [-0.2, -0.15) is 0 Å². The van der Waals surface area contributed by atoms with Gasteiger partial charge in [-0.15, -0.1) is 0 Å². The molecule has 0 unspecified atom stereocenters. The van der Waals surface area contributed by atoms with Crippen LogP contribution in [0.2, 0.25) is 0 Å². The number of aromatic hydroxyl groups is 1. The van der Waals surface area contributed by atoms with Crippen molar-refractivity contribution >= 4 is 0 Å². The second-order valence-electron chi connectivity index (χ2n) is 5.94. The molecule has 3 rings (SSSR count). The maximum Gasteiger partial charge on any atom is 0.129 e. The molecule has 1 saturated heterocycles. The molecule has 18 heavy (non-hydrogen) atoms. The molecule has 0 spiro atoms. The molecule has 1 aromatic carbocycles. The van der Waals surface area contributed by atoms with Crippen molar-refractivity contribution in [2.75, 3.05) is 20.1 Å². The number of hydrogen-bond donors (Lipinski definition) is 1. The molecule has 1 fully saturated rings. The Kier molecular flexibility index (Phi) is 2.39. The molecule has 0 aromatic heterocycles. The van der Waals surface area contributed by atoms with Gasteiger partial charge in [-0.05, 0) is 51.6 Å². The number of phenols is 1. The normalized spacial score (nSPS) is 34.8. The second kappa shape index (κ2) is 3.64. The van der Waals surface area contributed by atoms with Crippen LogP contribution in [-0.2, 0) is 5.41 Å². The van der Waals surface area contributed by atoms with Crippen LogP contribution in [0.25, 0.3) is 0 Å². The van der Waals surface area contributed by atoms with E-state index >= 15 is 0 Å². The summed E-state index contributed by atoms with van der Waals surface area (Å²) < 4.78 is 6.27. The lowest BCUT2D eigenvalue weighted by Crippen LogP contribution is -2.60. The van der Waals surface area contributed by atoms with Gasteiger partial charge in [0.05, 0.1) is 0 Å². The lowest BCUT2D eigenvalue weighted by molar-refractivity contribution is -0.0328.